The molecule has 1 heterocycles. The summed E-state index contributed by atoms with van der Waals surface area (Å²) in [5, 5.41) is 3.04. The second kappa shape index (κ2) is 6.78. The summed E-state index contributed by atoms with van der Waals surface area (Å²) in [4.78, 5) is 0. The van der Waals surface area contributed by atoms with E-state index in [4.69, 9.17) is 22.1 Å². The first-order chi connectivity index (χ1) is 10.3. The monoisotopic (exact) mass is 303 g/mol. The van der Waals surface area contributed by atoms with Gasteiger partial charge in [0.1, 0.15) is 0 Å². The predicted molar refractivity (Wildman–Crippen MR) is 88.7 cm³/mol. The van der Waals surface area contributed by atoms with Gasteiger partial charge in [0.25, 0.3) is 0 Å². The average Bonchev–Trinajstić information content (AvgIpc) is 2.54. The molecule has 21 heavy (non-hydrogen) atoms. The maximum absolute atomic E-state index is 6.43. The fourth-order valence-electron chi connectivity index (χ4n) is 3.16. The molecule has 2 unspecified atom stereocenters. The van der Waals surface area contributed by atoms with E-state index >= 15 is 0 Å². The molecule has 2 aromatic carbocycles. The molecule has 0 bridgehead atoms. The molecule has 2 nitrogen and oxygen atoms in total. The Balaban J connectivity index is 1.75. The minimum atomic E-state index is 0.0395. The summed E-state index contributed by atoms with van der Waals surface area (Å²) < 4.78 is 5.79. The first-order valence-corrected chi connectivity index (χ1v) is 8.18. The summed E-state index contributed by atoms with van der Waals surface area (Å²) in [7, 11) is 0. The molecular weight excluding hydrogens is 282 g/mol. The largest absolute Gasteiger partial charge is 0.378 e. The topological polar surface area (TPSA) is 35.2 Å². The number of hydrogen-bond donors (Lipinski definition) is 1. The zero-order chi connectivity index (χ0) is 14.7. The van der Waals surface area contributed by atoms with Crippen molar-refractivity contribution in [3.63, 3.8) is 0 Å². The highest BCUT2D eigenvalue weighted by Crippen LogP contribution is 2.31. The molecule has 2 atom stereocenters. The number of nitrogens with two attached hydrogens (primary N) is 1. The Bertz CT molecular complexity index is 607. The molecule has 2 aromatic rings. The summed E-state index contributed by atoms with van der Waals surface area (Å²) in [5.74, 6) is 0. The molecule has 1 aliphatic rings. The van der Waals surface area contributed by atoms with Gasteiger partial charge in [-0.05, 0) is 49.1 Å². The number of benzene rings is 2. The lowest BCUT2D eigenvalue weighted by atomic mass is 9.94. The number of halogens is 1. The van der Waals surface area contributed by atoms with Crippen LogP contribution in [-0.4, -0.2) is 12.7 Å². The van der Waals surface area contributed by atoms with Gasteiger partial charge in [-0.1, -0.05) is 41.9 Å². The van der Waals surface area contributed by atoms with Crippen LogP contribution in [-0.2, 0) is 4.74 Å². The van der Waals surface area contributed by atoms with E-state index in [0.29, 0.717) is 6.10 Å². The fraction of sp³-hybridized carbons (Fsp3) is 0.444. The van der Waals surface area contributed by atoms with Crippen LogP contribution in [0.3, 0.4) is 0 Å². The molecule has 0 aliphatic carbocycles. The van der Waals surface area contributed by atoms with E-state index in [1.807, 2.05) is 18.2 Å². The molecular formula is C18H22ClNO. The third-order valence-corrected chi connectivity index (χ3v) is 4.71. The van der Waals surface area contributed by atoms with Crippen LogP contribution >= 0.6 is 11.6 Å². The Morgan fingerprint density at radius 2 is 1.95 bits per heavy atom. The summed E-state index contributed by atoms with van der Waals surface area (Å²) >= 11 is 6.27. The molecule has 0 saturated carbocycles. The Morgan fingerprint density at radius 3 is 2.71 bits per heavy atom. The molecule has 112 valence electrons. The Kier molecular flexibility index (Phi) is 4.79. The van der Waals surface area contributed by atoms with Gasteiger partial charge in [0.15, 0.2) is 0 Å². The normalized spacial score (nSPS) is 20.6. The molecule has 1 saturated heterocycles. The van der Waals surface area contributed by atoms with Crippen molar-refractivity contribution in [2.24, 2.45) is 5.73 Å². The molecule has 0 radical (unpaired) electrons. The van der Waals surface area contributed by atoms with Gasteiger partial charge in [-0.25, -0.2) is 0 Å². The molecule has 1 aliphatic heterocycles. The van der Waals surface area contributed by atoms with Crippen LogP contribution in [0.1, 0.15) is 43.7 Å². The minimum Gasteiger partial charge on any atom is -0.378 e. The van der Waals surface area contributed by atoms with Crippen molar-refractivity contribution in [3.05, 3.63) is 47.0 Å². The lowest BCUT2D eigenvalue weighted by molar-refractivity contribution is 0.00914. The van der Waals surface area contributed by atoms with Crippen molar-refractivity contribution in [1.82, 2.24) is 0 Å². The SMILES string of the molecule is NC(CCC1CCCCO1)c1ccc(Cl)c2ccccc12. The quantitative estimate of drug-likeness (QED) is 0.877. The maximum Gasteiger partial charge on any atom is 0.0575 e. The maximum atomic E-state index is 6.43. The van der Waals surface area contributed by atoms with E-state index in [2.05, 4.69) is 18.2 Å². The molecule has 2 N–H and O–H groups in total. The van der Waals surface area contributed by atoms with Gasteiger partial charge in [-0.15, -0.1) is 0 Å². The second-order valence-electron chi connectivity index (χ2n) is 5.85. The third-order valence-electron chi connectivity index (χ3n) is 4.38. The number of hydrogen-bond acceptors (Lipinski definition) is 2. The van der Waals surface area contributed by atoms with E-state index < -0.39 is 0 Å². The highest BCUT2D eigenvalue weighted by Gasteiger charge is 2.17. The minimum absolute atomic E-state index is 0.0395. The average molecular weight is 304 g/mol. The van der Waals surface area contributed by atoms with Crippen LogP contribution in [0.25, 0.3) is 10.8 Å². The first-order valence-electron chi connectivity index (χ1n) is 7.80. The van der Waals surface area contributed by atoms with Gasteiger partial charge in [0, 0.05) is 23.1 Å². The molecule has 3 rings (SSSR count). The lowest BCUT2D eigenvalue weighted by Crippen LogP contribution is -2.21. The first kappa shape index (κ1) is 14.8. The standard InChI is InChI=1S/C18H22ClNO/c19-17-10-9-16(14-6-1-2-7-15(14)17)18(20)11-8-13-5-3-4-12-21-13/h1-2,6-7,9-10,13,18H,3-5,8,11-12,20H2. The Labute approximate surface area is 131 Å². The van der Waals surface area contributed by atoms with Crippen LogP contribution in [0, 0.1) is 0 Å². The smallest absolute Gasteiger partial charge is 0.0575 e. The number of rotatable bonds is 4. The second-order valence-corrected chi connectivity index (χ2v) is 6.26. The van der Waals surface area contributed by atoms with Gasteiger partial charge >= 0.3 is 0 Å². The Hall–Kier alpha value is -1.09. The van der Waals surface area contributed by atoms with Crippen molar-refractivity contribution in [2.75, 3.05) is 6.61 Å². The summed E-state index contributed by atoms with van der Waals surface area (Å²) in [6.07, 6.45) is 6.04. The van der Waals surface area contributed by atoms with E-state index in [1.165, 1.54) is 30.2 Å². The van der Waals surface area contributed by atoms with Crippen LogP contribution in [0.2, 0.25) is 5.02 Å². The lowest BCUT2D eigenvalue weighted by Gasteiger charge is -2.24. The summed E-state index contributed by atoms with van der Waals surface area (Å²) in [6, 6.07) is 12.3. The van der Waals surface area contributed by atoms with Gasteiger partial charge in [-0.2, -0.15) is 0 Å². The fourth-order valence-corrected chi connectivity index (χ4v) is 3.39. The molecule has 3 heteroatoms. The molecule has 0 spiro atoms. The zero-order valence-corrected chi connectivity index (χ0v) is 13.0. The van der Waals surface area contributed by atoms with Crippen molar-refractivity contribution < 1.29 is 4.74 Å². The Morgan fingerprint density at radius 1 is 1.14 bits per heavy atom. The van der Waals surface area contributed by atoms with E-state index in [0.717, 1.165) is 29.9 Å². The zero-order valence-electron chi connectivity index (χ0n) is 12.2. The van der Waals surface area contributed by atoms with Crippen molar-refractivity contribution in [3.8, 4) is 0 Å². The highest BCUT2D eigenvalue weighted by atomic mass is 35.5. The summed E-state index contributed by atoms with van der Waals surface area (Å²) in [5.41, 5.74) is 7.62. The predicted octanol–water partition coefficient (Wildman–Crippen LogP) is 4.84. The van der Waals surface area contributed by atoms with Crippen LogP contribution in [0.4, 0.5) is 0 Å². The van der Waals surface area contributed by atoms with Crippen LogP contribution in [0.5, 0.6) is 0 Å². The molecule has 1 fully saturated rings. The van der Waals surface area contributed by atoms with Crippen LogP contribution in [0.15, 0.2) is 36.4 Å². The van der Waals surface area contributed by atoms with Crippen molar-refractivity contribution in [1.29, 1.82) is 0 Å². The van der Waals surface area contributed by atoms with E-state index in [9.17, 15) is 0 Å². The molecule has 0 amide bonds. The van der Waals surface area contributed by atoms with Crippen LogP contribution < -0.4 is 5.73 Å². The van der Waals surface area contributed by atoms with E-state index in [1.54, 1.807) is 0 Å². The highest BCUT2D eigenvalue weighted by molar-refractivity contribution is 6.35. The van der Waals surface area contributed by atoms with E-state index in [-0.39, 0.29) is 6.04 Å². The van der Waals surface area contributed by atoms with Gasteiger partial charge in [-0.3, -0.25) is 0 Å². The van der Waals surface area contributed by atoms with Gasteiger partial charge in [0.2, 0.25) is 0 Å². The molecule has 0 aromatic heterocycles. The van der Waals surface area contributed by atoms with Crippen molar-refractivity contribution in [2.45, 2.75) is 44.2 Å². The van der Waals surface area contributed by atoms with Gasteiger partial charge in [0.05, 0.1) is 6.10 Å². The summed E-state index contributed by atoms with van der Waals surface area (Å²) in [6.45, 7) is 0.907. The number of fused-ring (bicyclic) bond motifs is 1. The number of ether oxygens (including phenoxy) is 1. The van der Waals surface area contributed by atoms with Gasteiger partial charge < -0.3 is 10.5 Å². The van der Waals surface area contributed by atoms with Crippen molar-refractivity contribution >= 4 is 22.4 Å². The third kappa shape index (κ3) is 3.39.